The molecule has 3 heteroatoms. The first-order chi connectivity index (χ1) is 7.67. The van der Waals surface area contributed by atoms with E-state index in [2.05, 4.69) is 48.4 Å². The Morgan fingerprint density at radius 3 is 2.44 bits per heavy atom. The van der Waals surface area contributed by atoms with Crippen molar-refractivity contribution in [2.24, 2.45) is 5.84 Å². The lowest BCUT2D eigenvalue weighted by Gasteiger charge is -2.16. The number of hydrazine groups is 1. The molecule has 1 aromatic carbocycles. The van der Waals surface area contributed by atoms with Gasteiger partial charge in [0.25, 0.3) is 0 Å². The van der Waals surface area contributed by atoms with E-state index in [1.54, 1.807) is 0 Å². The zero-order chi connectivity index (χ0) is 12.0. The lowest BCUT2D eigenvalue weighted by molar-refractivity contribution is 0.301. The van der Waals surface area contributed by atoms with Crippen molar-refractivity contribution in [2.45, 2.75) is 32.7 Å². The number of nitrogens with one attached hydrogen (secondary N) is 1. The number of nitrogens with two attached hydrogens (primary N) is 1. The predicted molar refractivity (Wildman–Crippen MR) is 68.8 cm³/mol. The topological polar surface area (TPSA) is 41.3 Å². The van der Waals surface area contributed by atoms with Crippen molar-refractivity contribution >= 4 is 0 Å². The molecule has 90 valence electrons. The minimum atomic E-state index is 0.650. The van der Waals surface area contributed by atoms with Crippen LogP contribution in [0.2, 0.25) is 0 Å². The molecule has 0 saturated carbocycles. The van der Waals surface area contributed by atoms with Crippen molar-refractivity contribution in [3.63, 3.8) is 0 Å². The summed E-state index contributed by atoms with van der Waals surface area (Å²) < 4.78 is 0. The van der Waals surface area contributed by atoms with Gasteiger partial charge in [-0.2, -0.15) is 0 Å². The summed E-state index contributed by atoms with van der Waals surface area (Å²) >= 11 is 0. The zero-order valence-corrected chi connectivity index (χ0v) is 10.5. The highest BCUT2D eigenvalue weighted by atomic mass is 15.3. The highest BCUT2D eigenvalue weighted by Crippen LogP contribution is 2.19. The van der Waals surface area contributed by atoms with Crippen LogP contribution in [0.5, 0.6) is 0 Å². The van der Waals surface area contributed by atoms with Crippen LogP contribution in [0.25, 0.3) is 0 Å². The SMILES string of the molecule is CCC(C)c1ccc(CN(C)CNN)cc1. The molecule has 0 aliphatic rings. The first kappa shape index (κ1) is 13.2. The molecular weight excluding hydrogens is 198 g/mol. The fraction of sp³-hybridized carbons (Fsp3) is 0.538. The second kappa shape index (κ2) is 6.63. The van der Waals surface area contributed by atoms with Crippen LogP contribution >= 0.6 is 0 Å². The summed E-state index contributed by atoms with van der Waals surface area (Å²) in [5.74, 6) is 5.92. The Bertz CT molecular complexity index is 295. The van der Waals surface area contributed by atoms with Crippen molar-refractivity contribution in [1.82, 2.24) is 10.3 Å². The van der Waals surface area contributed by atoms with Gasteiger partial charge in [0.1, 0.15) is 0 Å². The monoisotopic (exact) mass is 221 g/mol. The maximum Gasteiger partial charge on any atom is 0.0612 e. The molecule has 0 aliphatic heterocycles. The summed E-state index contributed by atoms with van der Waals surface area (Å²) in [5.41, 5.74) is 5.40. The van der Waals surface area contributed by atoms with Gasteiger partial charge >= 0.3 is 0 Å². The molecule has 16 heavy (non-hydrogen) atoms. The van der Waals surface area contributed by atoms with E-state index >= 15 is 0 Å². The molecule has 1 atom stereocenters. The summed E-state index contributed by atoms with van der Waals surface area (Å²) in [4.78, 5) is 2.14. The van der Waals surface area contributed by atoms with Gasteiger partial charge in [-0.05, 0) is 30.5 Å². The van der Waals surface area contributed by atoms with Crippen LogP contribution in [-0.2, 0) is 6.54 Å². The molecule has 3 nitrogen and oxygen atoms in total. The van der Waals surface area contributed by atoms with E-state index in [9.17, 15) is 0 Å². The Hall–Kier alpha value is -0.900. The van der Waals surface area contributed by atoms with Crippen molar-refractivity contribution in [3.05, 3.63) is 35.4 Å². The number of rotatable bonds is 6. The molecule has 3 N–H and O–H groups in total. The van der Waals surface area contributed by atoms with E-state index < -0.39 is 0 Å². The molecule has 0 saturated heterocycles. The van der Waals surface area contributed by atoms with Crippen molar-refractivity contribution < 1.29 is 0 Å². The number of hydrogen-bond donors (Lipinski definition) is 2. The van der Waals surface area contributed by atoms with E-state index in [1.165, 1.54) is 17.5 Å². The molecule has 0 heterocycles. The van der Waals surface area contributed by atoms with Crippen LogP contribution in [0.4, 0.5) is 0 Å². The van der Waals surface area contributed by atoms with Gasteiger partial charge in [0.05, 0.1) is 6.67 Å². The van der Waals surface area contributed by atoms with Crippen LogP contribution in [0.15, 0.2) is 24.3 Å². The Kier molecular flexibility index (Phi) is 5.46. The van der Waals surface area contributed by atoms with Gasteiger partial charge in [0.15, 0.2) is 0 Å². The Morgan fingerprint density at radius 2 is 1.94 bits per heavy atom. The second-order valence-electron chi connectivity index (χ2n) is 4.43. The Balaban J connectivity index is 2.57. The van der Waals surface area contributed by atoms with Gasteiger partial charge < -0.3 is 0 Å². The third kappa shape index (κ3) is 3.93. The van der Waals surface area contributed by atoms with Gasteiger partial charge in [-0.1, -0.05) is 38.1 Å². The molecule has 1 aromatic rings. The van der Waals surface area contributed by atoms with E-state index in [0.29, 0.717) is 12.6 Å². The van der Waals surface area contributed by atoms with E-state index in [-0.39, 0.29) is 0 Å². The maximum atomic E-state index is 5.27. The van der Waals surface area contributed by atoms with Crippen molar-refractivity contribution in [3.8, 4) is 0 Å². The third-order valence-electron chi connectivity index (χ3n) is 2.97. The fourth-order valence-corrected chi connectivity index (χ4v) is 1.71. The van der Waals surface area contributed by atoms with Crippen molar-refractivity contribution in [1.29, 1.82) is 0 Å². The van der Waals surface area contributed by atoms with Gasteiger partial charge in [0.2, 0.25) is 0 Å². The molecule has 0 amide bonds. The Morgan fingerprint density at radius 1 is 1.31 bits per heavy atom. The van der Waals surface area contributed by atoms with Gasteiger partial charge in [0, 0.05) is 6.54 Å². The van der Waals surface area contributed by atoms with Gasteiger partial charge in [-0.15, -0.1) is 0 Å². The summed E-state index contributed by atoms with van der Waals surface area (Å²) in [6, 6.07) is 8.86. The smallest absolute Gasteiger partial charge is 0.0612 e. The zero-order valence-electron chi connectivity index (χ0n) is 10.5. The first-order valence-corrected chi connectivity index (χ1v) is 5.88. The summed E-state index contributed by atoms with van der Waals surface area (Å²) in [6.07, 6.45) is 1.19. The molecule has 1 rings (SSSR count). The average Bonchev–Trinajstić information content (AvgIpc) is 2.29. The van der Waals surface area contributed by atoms with Crippen molar-refractivity contribution in [2.75, 3.05) is 13.7 Å². The highest BCUT2D eigenvalue weighted by Gasteiger charge is 2.03. The summed E-state index contributed by atoms with van der Waals surface area (Å²) in [5, 5.41) is 0. The minimum absolute atomic E-state index is 0.650. The average molecular weight is 221 g/mol. The van der Waals surface area contributed by atoms with Crippen LogP contribution in [0.1, 0.15) is 37.3 Å². The van der Waals surface area contributed by atoms with Crippen LogP contribution in [-0.4, -0.2) is 18.6 Å². The molecule has 0 bridgehead atoms. The minimum Gasteiger partial charge on any atom is -0.288 e. The van der Waals surface area contributed by atoms with E-state index in [1.807, 2.05) is 7.05 Å². The largest absolute Gasteiger partial charge is 0.288 e. The quantitative estimate of drug-likeness (QED) is 0.439. The molecule has 0 fully saturated rings. The number of nitrogens with zero attached hydrogens (tertiary/aromatic N) is 1. The first-order valence-electron chi connectivity index (χ1n) is 5.88. The lowest BCUT2D eigenvalue weighted by atomic mass is 9.98. The van der Waals surface area contributed by atoms with Crippen LogP contribution in [0.3, 0.4) is 0 Å². The van der Waals surface area contributed by atoms with E-state index in [0.717, 1.165) is 6.54 Å². The molecular formula is C13H23N3. The van der Waals surface area contributed by atoms with Gasteiger partial charge in [-0.25, -0.2) is 5.43 Å². The van der Waals surface area contributed by atoms with Gasteiger partial charge in [-0.3, -0.25) is 10.7 Å². The number of hydrogen-bond acceptors (Lipinski definition) is 3. The fourth-order valence-electron chi connectivity index (χ4n) is 1.71. The Labute approximate surface area is 98.6 Å². The third-order valence-corrected chi connectivity index (χ3v) is 2.97. The second-order valence-corrected chi connectivity index (χ2v) is 4.43. The molecule has 0 aliphatic carbocycles. The van der Waals surface area contributed by atoms with Crippen LogP contribution < -0.4 is 11.3 Å². The lowest BCUT2D eigenvalue weighted by Crippen LogP contribution is -2.34. The van der Waals surface area contributed by atoms with Crippen LogP contribution in [0, 0.1) is 0 Å². The highest BCUT2D eigenvalue weighted by molar-refractivity contribution is 5.24. The standard InChI is InChI=1S/C13H23N3/c1-4-11(2)13-7-5-12(6-8-13)9-16(3)10-15-14/h5-8,11,15H,4,9-10,14H2,1-3H3. The molecule has 0 aromatic heterocycles. The summed E-state index contributed by atoms with van der Waals surface area (Å²) in [6.45, 7) is 6.11. The maximum absolute atomic E-state index is 5.27. The summed E-state index contributed by atoms with van der Waals surface area (Å²) in [7, 11) is 2.04. The normalized spacial score (nSPS) is 13.1. The van der Waals surface area contributed by atoms with E-state index in [4.69, 9.17) is 5.84 Å². The molecule has 0 radical (unpaired) electrons. The molecule has 1 unspecified atom stereocenters. The number of benzene rings is 1. The predicted octanol–water partition coefficient (Wildman–Crippen LogP) is 2.05. The molecule has 0 spiro atoms.